The van der Waals surface area contributed by atoms with Gasteiger partial charge in [0, 0.05) is 0 Å². The van der Waals surface area contributed by atoms with E-state index >= 15 is 0 Å². The maximum absolute atomic E-state index is 10.9. The Kier molecular flexibility index (Phi) is 5.72. The molecule has 0 bridgehead atoms. The smallest absolute Gasteiger partial charge is 0.334 e. The van der Waals surface area contributed by atoms with Crippen molar-refractivity contribution in [2.24, 2.45) is 5.92 Å². The largest absolute Gasteiger partial charge is 0.464 e. The number of rotatable bonds is 5. The van der Waals surface area contributed by atoms with Crippen LogP contribution in [0.5, 0.6) is 0 Å². The third kappa shape index (κ3) is 5.13. The highest BCUT2D eigenvalue weighted by molar-refractivity contribution is 5.74. The van der Waals surface area contributed by atoms with E-state index in [1.807, 2.05) is 0 Å². The highest BCUT2D eigenvalue weighted by Gasteiger charge is 2.13. The molecule has 0 aromatic heterocycles. The van der Waals surface area contributed by atoms with Gasteiger partial charge in [0.15, 0.2) is 6.10 Å². The minimum absolute atomic E-state index is 0.410. The molecule has 72 valence electrons. The first-order valence-corrected chi connectivity index (χ1v) is 4.42. The van der Waals surface area contributed by atoms with E-state index in [0.717, 1.165) is 6.42 Å². The molecule has 1 N–H and O–H groups in total. The third-order valence-corrected chi connectivity index (χ3v) is 1.60. The summed E-state index contributed by atoms with van der Waals surface area (Å²) in [5, 5.41) is 9.02. The monoisotopic (exact) mass is 174 g/mol. The van der Waals surface area contributed by atoms with Crippen LogP contribution in [0.3, 0.4) is 0 Å². The zero-order valence-corrected chi connectivity index (χ0v) is 8.04. The summed E-state index contributed by atoms with van der Waals surface area (Å²) < 4.78 is 4.82. The summed E-state index contributed by atoms with van der Waals surface area (Å²) in [7, 11) is 0. The number of aliphatic hydroxyl groups excluding tert-OH is 1. The summed E-state index contributed by atoms with van der Waals surface area (Å²) >= 11 is 0. The summed E-state index contributed by atoms with van der Waals surface area (Å²) in [6.07, 6.45) is 0.319. The number of aliphatic hydroxyl groups is 1. The molecular formula is C9H18O3. The number of carbonyl (C=O) groups is 1. The van der Waals surface area contributed by atoms with Crippen LogP contribution in [-0.4, -0.2) is 23.8 Å². The second-order valence-corrected chi connectivity index (χ2v) is 3.27. The molecule has 0 amide bonds. The van der Waals surface area contributed by atoms with E-state index in [2.05, 4.69) is 13.8 Å². The molecule has 0 aliphatic heterocycles. The first-order chi connectivity index (χ1) is 5.57. The van der Waals surface area contributed by atoms with E-state index < -0.39 is 12.1 Å². The van der Waals surface area contributed by atoms with Gasteiger partial charge < -0.3 is 9.84 Å². The van der Waals surface area contributed by atoms with Crippen LogP contribution in [0.1, 0.15) is 33.6 Å². The lowest BCUT2D eigenvalue weighted by molar-refractivity contribution is -0.153. The van der Waals surface area contributed by atoms with Crippen LogP contribution in [0.4, 0.5) is 0 Å². The number of carbonyl (C=O) groups excluding carboxylic acids is 1. The van der Waals surface area contributed by atoms with Crippen LogP contribution in [0.2, 0.25) is 0 Å². The first-order valence-electron chi connectivity index (χ1n) is 4.42. The maximum atomic E-state index is 10.9. The Hall–Kier alpha value is -0.570. The van der Waals surface area contributed by atoms with Crippen molar-refractivity contribution in [3.05, 3.63) is 0 Å². The van der Waals surface area contributed by atoms with Gasteiger partial charge in [0.05, 0.1) is 6.61 Å². The molecule has 0 aliphatic rings. The predicted molar refractivity (Wildman–Crippen MR) is 46.7 cm³/mol. The molecule has 1 unspecified atom stereocenters. The molecule has 0 spiro atoms. The average molecular weight is 174 g/mol. The summed E-state index contributed by atoms with van der Waals surface area (Å²) in [5.41, 5.74) is 0. The number of esters is 1. The van der Waals surface area contributed by atoms with Crippen molar-refractivity contribution in [1.82, 2.24) is 0 Å². The summed E-state index contributed by atoms with van der Waals surface area (Å²) in [6, 6.07) is 0. The zero-order valence-electron chi connectivity index (χ0n) is 8.04. The van der Waals surface area contributed by atoms with Crippen LogP contribution < -0.4 is 0 Å². The van der Waals surface area contributed by atoms with E-state index in [1.54, 1.807) is 6.92 Å². The SMILES string of the molecule is CCC(O)C(=O)OCCC(C)C. The molecule has 0 heterocycles. The normalized spacial score (nSPS) is 13.1. The van der Waals surface area contributed by atoms with Gasteiger partial charge in [-0.05, 0) is 18.8 Å². The molecule has 0 saturated carbocycles. The molecule has 0 aliphatic carbocycles. The lowest BCUT2D eigenvalue weighted by Crippen LogP contribution is -2.22. The van der Waals surface area contributed by atoms with Gasteiger partial charge in [-0.2, -0.15) is 0 Å². The van der Waals surface area contributed by atoms with Crippen molar-refractivity contribution >= 4 is 5.97 Å². The van der Waals surface area contributed by atoms with E-state index in [1.165, 1.54) is 0 Å². The molecule has 0 saturated heterocycles. The van der Waals surface area contributed by atoms with E-state index in [9.17, 15) is 4.79 Å². The predicted octanol–water partition coefficient (Wildman–Crippen LogP) is 1.35. The summed E-state index contributed by atoms with van der Waals surface area (Å²) in [5.74, 6) is 0.0229. The molecule has 1 atom stereocenters. The van der Waals surface area contributed by atoms with Gasteiger partial charge in [0.2, 0.25) is 0 Å². The number of ether oxygens (including phenoxy) is 1. The fraction of sp³-hybridized carbons (Fsp3) is 0.889. The topological polar surface area (TPSA) is 46.5 Å². The third-order valence-electron chi connectivity index (χ3n) is 1.60. The van der Waals surface area contributed by atoms with Crippen molar-refractivity contribution in [2.45, 2.75) is 39.7 Å². The van der Waals surface area contributed by atoms with Gasteiger partial charge >= 0.3 is 5.97 Å². The zero-order chi connectivity index (χ0) is 9.56. The second-order valence-electron chi connectivity index (χ2n) is 3.27. The lowest BCUT2D eigenvalue weighted by Gasteiger charge is -2.09. The molecule has 12 heavy (non-hydrogen) atoms. The quantitative estimate of drug-likeness (QED) is 0.640. The van der Waals surface area contributed by atoms with Gasteiger partial charge in [-0.15, -0.1) is 0 Å². The van der Waals surface area contributed by atoms with E-state index in [4.69, 9.17) is 9.84 Å². The van der Waals surface area contributed by atoms with Gasteiger partial charge in [-0.3, -0.25) is 0 Å². The molecule has 3 heteroatoms. The van der Waals surface area contributed by atoms with E-state index in [0.29, 0.717) is 18.9 Å². The van der Waals surface area contributed by atoms with Crippen molar-refractivity contribution in [3.63, 3.8) is 0 Å². The fourth-order valence-electron chi connectivity index (χ4n) is 0.658. The Bertz CT molecular complexity index is 132. The van der Waals surface area contributed by atoms with E-state index in [-0.39, 0.29) is 0 Å². The van der Waals surface area contributed by atoms with Crippen molar-refractivity contribution in [1.29, 1.82) is 0 Å². The first kappa shape index (κ1) is 11.4. The molecule has 0 aromatic carbocycles. The maximum Gasteiger partial charge on any atom is 0.334 e. The highest BCUT2D eigenvalue weighted by atomic mass is 16.5. The molecule has 3 nitrogen and oxygen atoms in total. The lowest BCUT2D eigenvalue weighted by atomic mass is 10.1. The Morgan fingerprint density at radius 1 is 1.50 bits per heavy atom. The molecule has 0 fully saturated rings. The van der Waals surface area contributed by atoms with Crippen molar-refractivity contribution < 1.29 is 14.6 Å². The molecule has 0 radical (unpaired) electrons. The van der Waals surface area contributed by atoms with Crippen LogP contribution in [0.25, 0.3) is 0 Å². The average Bonchev–Trinajstić information content (AvgIpc) is 2.02. The second kappa shape index (κ2) is 6.00. The van der Waals surface area contributed by atoms with Gasteiger partial charge in [-0.1, -0.05) is 20.8 Å². The van der Waals surface area contributed by atoms with Crippen LogP contribution in [-0.2, 0) is 9.53 Å². The number of hydrogen-bond donors (Lipinski definition) is 1. The summed E-state index contributed by atoms with van der Waals surface area (Å²) in [6.45, 7) is 6.27. The minimum atomic E-state index is -0.947. The summed E-state index contributed by atoms with van der Waals surface area (Å²) in [4.78, 5) is 10.9. The van der Waals surface area contributed by atoms with Crippen molar-refractivity contribution in [2.75, 3.05) is 6.61 Å². The minimum Gasteiger partial charge on any atom is -0.464 e. The molecule has 0 aromatic rings. The Morgan fingerprint density at radius 3 is 2.50 bits per heavy atom. The Balaban J connectivity index is 3.44. The van der Waals surface area contributed by atoms with Gasteiger partial charge in [0.25, 0.3) is 0 Å². The van der Waals surface area contributed by atoms with Crippen LogP contribution in [0, 0.1) is 5.92 Å². The van der Waals surface area contributed by atoms with Gasteiger partial charge in [-0.25, -0.2) is 4.79 Å². The van der Waals surface area contributed by atoms with Crippen molar-refractivity contribution in [3.8, 4) is 0 Å². The molecule has 0 rings (SSSR count). The van der Waals surface area contributed by atoms with Crippen LogP contribution >= 0.6 is 0 Å². The Labute approximate surface area is 73.7 Å². The number of hydrogen-bond acceptors (Lipinski definition) is 3. The van der Waals surface area contributed by atoms with Gasteiger partial charge in [0.1, 0.15) is 0 Å². The molecular weight excluding hydrogens is 156 g/mol. The standard InChI is InChI=1S/C9H18O3/c1-4-8(10)9(11)12-6-5-7(2)3/h7-8,10H,4-6H2,1-3H3. The van der Waals surface area contributed by atoms with Crippen LogP contribution in [0.15, 0.2) is 0 Å². The fourth-order valence-corrected chi connectivity index (χ4v) is 0.658. The highest BCUT2D eigenvalue weighted by Crippen LogP contribution is 2.01. The Morgan fingerprint density at radius 2 is 2.08 bits per heavy atom.